The van der Waals surface area contributed by atoms with Crippen LogP contribution in [0.25, 0.3) is 11.3 Å². The molecule has 13 nitrogen and oxygen atoms in total. The summed E-state index contributed by atoms with van der Waals surface area (Å²) in [6.45, 7) is 2.54. The highest BCUT2D eigenvalue weighted by molar-refractivity contribution is 6.01. The molecule has 0 radical (unpaired) electrons. The summed E-state index contributed by atoms with van der Waals surface area (Å²) in [4.78, 5) is 61.7. The number of aromatic nitrogens is 2. The molecule has 3 saturated heterocycles. The Morgan fingerprint density at radius 1 is 0.825 bits per heavy atom. The molecule has 15 heteroatoms. The highest BCUT2D eigenvalue weighted by Gasteiger charge is 2.34. The van der Waals surface area contributed by atoms with Crippen LogP contribution >= 0.6 is 0 Å². The lowest BCUT2D eigenvalue weighted by Gasteiger charge is -2.41. The topological polar surface area (TPSA) is 158 Å². The van der Waals surface area contributed by atoms with Gasteiger partial charge in [0, 0.05) is 47.4 Å². The maximum absolute atomic E-state index is 15.3. The van der Waals surface area contributed by atoms with E-state index in [-0.39, 0.29) is 59.6 Å². The zero-order chi connectivity index (χ0) is 39.5. The Bertz CT molecular complexity index is 1980. The standard InChI is InChI=1S/C42H50F2N8O5/c43-34-23-30(46-36-14-15-37(53)49-40(36)55)10-13-33(34)25-16-18-51(19-17-25)31-11-4-26(5-12-31)39(54)47-28-6-8-29(9-7-28)48-41-45-24-35(44)38(50-41)27-2-1-3-32(22-27)52-20-21-57-42(52)56/h1-3,10,13,22-26,28-29,31,36,46H,4-9,11-12,14-21H2,(H,47,54)(H,45,48,50)(H,49,53,55)/t26-,28?,29?,31-,36?. The molecule has 5 fully saturated rings. The van der Waals surface area contributed by atoms with Crippen molar-refractivity contribution in [2.45, 2.75) is 107 Å². The SMILES string of the molecule is O=C1CCC(Nc2ccc(C3CCN([C@H]4CC[C@H](C(=O)NC5CCC(Nc6ncc(F)c(-c7cccc(N8CCOC8=O)c7)n6)CC5)CC4)CC3)c(F)c2)C(=O)N1. The number of amides is 4. The van der Waals surface area contributed by atoms with Crippen LogP contribution < -0.4 is 26.2 Å². The summed E-state index contributed by atoms with van der Waals surface area (Å²) in [7, 11) is 0. The smallest absolute Gasteiger partial charge is 0.414 e. The van der Waals surface area contributed by atoms with Crippen LogP contribution in [-0.4, -0.2) is 89.1 Å². The van der Waals surface area contributed by atoms with Crippen LogP contribution in [0.3, 0.4) is 0 Å². The fourth-order valence-corrected chi connectivity index (χ4v) is 9.23. The number of ether oxygens (including phenoxy) is 1. The molecular weight excluding hydrogens is 735 g/mol. The lowest BCUT2D eigenvalue weighted by Crippen LogP contribution is -2.47. The summed E-state index contributed by atoms with van der Waals surface area (Å²) in [5, 5.41) is 12.1. The van der Waals surface area contributed by atoms with Crippen molar-refractivity contribution < 1.29 is 32.7 Å². The quantitative estimate of drug-likeness (QED) is 0.183. The van der Waals surface area contributed by atoms with Gasteiger partial charge >= 0.3 is 6.09 Å². The van der Waals surface area contributed by atoms with Crippen LogP contribution in [0.15, 0.2) is 48.7 Å². The first-order valence-corrected chi connectivity index (χ1v) is 20.4. The first-order valence-electron chi connectivity index (χ1n) is 20.4. The third-order valence-corrected chi connectivity index (χ3v) is 12.5. The molecule has 1 atom stereocenters. The number of halogens is 2. The van der Waals surface area contributed by atoms with E-state index >= 15 is 4.39 Å². The Morgan fingerprint density at radius 3 is 2.32 bits per heavy atom. The Labute approximate surface area is 330 Å². The summed E-state index contributed by atoms with van der Waals surface area (Å²) < 4.78 is 35.2. The minimum absolute atomic E-state index is 0.0108. The molecule has 2 aliphatic carbocycles. The number of hydrogen-bond acceptors (Lipinski definition) is 10. The summed E-state index contributed by atoms with van der Waals surface area (Å²) in [6, 6.07) is 12.2. The minimum Gasteiger partial charge on any atom is -0.447 e. The van der Waals surface area contributed by atoms with Crippen LogP contribution in [0.2, 0.25) is 0 Å². The van der Waals surface area contributed by atoms with Gasteiger partial charge in [0.05, 0.1) is 12.7 Å². The van der Waals surface area contributed by atoms with Crippen LogP contribution in [-0.2, 0) is 19.1 Å². The number of carbonyl (C=O) groups excluding carboxylic acids is 4. The van der Waals surface area contributed by atoms with Gasteiger partial charge in [0.1, 0.15) is 24.2 Å². The maximum Gasteiger partial charge on any atom is 0.414 e. The van der Waals surface area contributed by atoms with E-state index in [9.17, 15) is 23.6 Å². The van der Waals surface area contributed by atoms with E-state index in [0.29, 0.717) is 54.1 Å². The number of nitrogens with zero attached hydrogens (tertiary/aromatic N) is 4. The molecule has 0 spiro atoms. The van der Waals surface area contributed by atoms with Crippen molar-refractivity contribution in [2.75, 3.05) is 41.8 Å². The molecule has 3 aromatic rings. The predicted octanol–water partition coefficient (Wildman–Crippen LogP) is 5.87. The number of cyclic esters (lactones) is 1. The van der Waals surface area contributed by atoms with Gasteiger partial charge in [0.2, 0.25) is 23.7 Å². The normalized spacial score (nSPS) is 26.1. The van der Waals surface area contributed by atoms with Gasteiger partial charge in [-0.1, -0.05) is 18.2 Å². The monoisotopic (exact) mass is 784 g/mol. The van der Waals surface area contributed by atoms with Crippen LogP contribution in [0.5, 0.6) is 0 Å². The third-order valence-electron chi connectivity index (χ3n) is 12.5. The summed E-state index contributed by atoms with van der Waals surface area (Å²) in [6.07, 6.45) is 10.1. The zero-order valence-corrected chi connectivity index (χ0v) is 32.0. The molecule has 5 aliphatic rings. The fourth-order valence-electron chi connectivity index (χ4n) is 9.23. The van der Waals surface area contributed by atoms with Crippen molar-refractivity contribution in [1.82, 2.24) is 25.5 Å². The van der Waals surface area contributed by atoms with Crippen molar-refractivity contribution in [1.29, 1.82) is 0 Å². The Balaban J connectivity index is 0.753. The molecule has 302 valence electrons. The summed E-state index contributed by atoms with van der Waals surface area (Å²) in [5.41, 5.74) is 2.56. The molecule has 8 rings (SSSR count). The lowest BCUT2D eigenvalue weighted by atomic mass is 9.82. The number of likely N-dealkylation sites (tertiary alicyclic amines) is 1. The molecule has 0 bridgehead atoms. The Kier molecular flexibility index (Phi) is 11.6. The van der Waals surface area contributed by atoms with E-state index in [2.05, 4.69) is 36.1 Å². The van der Waals surface area contributed by atoms with Crippen LogP contribution in [0, 0.1) is 17.6 Å². The van der Waals surface area contributed by atoms with Gasteiger partial charge < -0.3 is 25.6 Å². The fraction of sp³-hybridized carbons (Fsp3) is 0.524. The van der Waals surface area contributed by atoms with Gasteiger partial charge in [-0.25, -0.2) is 23.5 Å². The van der Waals surface area contributed by atoms with Crippen molar-refractivity contribution in [3.63, 3.8) is 0 Å². The molecule has 4 heterocycles. The van der Waals surface area contributed by atoms with E-state index < -0.39 is 18.0 Å². The van der Waals surface area contributed by atoms with E-state index in [4.69, 9.17) is 4.74 Å². The van der Waals surface area contributed by atoms with Gasteiger partial charge in [0.15, 0.2) is 5.82 Å². The molecule has 1 aromatic heterocycles. The summed E-state index contributed by atoms with van der Waals surface area (Å²) in [5.74, 6) is -0.856. The number of benzene rings is 2. The summed E-state index contributed by atoms with van der Waals surface area (Å²) >= 11 is 0. The predicted molar refractivity (Wildman–Crippen MR) is 209 cm³/mol. The van der Waals surface area contributed by atoms with E-state index in [1.54, 1.807) is 24.3 Å². The highest BCUT2D eigenvalue weighted by atomic mass is 19.1. The number of carbonyl (C=O) groups is 4. The molecular formula is C42H50F2N8O5. The van der Waals surface area contributed by atoms with Crippen LogP contribution in [0.4, 0.5) is 30.9 Å². The molecule has 57 heavy (non-hydrogen) atoms. The Hall–Kier alpha value is -5.18. The lowest BCUT2D eigenvalue weighted by molar-refractivity contribution is -0.133. The van der Waals surface area contributed by atoms with Crippen LogP contribution in [0.1, 0.15) is 88.5 Å². The minimum atomic E-state index is -0.551. The van der Waals surface area contributed by atoms with E-state index in [0.717, 1.165) is 77.3 Å². The van der Waals surface area contributed by atoms with Gasteiger partial charge in [0.25, 0.3) is 0 Å². The molecule has 3 aliphatic heterocycles. The van der Waals surface area contributed by atoms with Gasteiger partial charge in [-0.2, -0.15) is 0 Å². The largest absolute Gasteiger partial charge is 0.447 e. The van der Waals surface area contributed by atoms with Gasteiger partial charge in [-0.3, -0.25) is 24.6 Å². The van der Waals surface area contributed by atoms with E-state index in [1.807, 2.05) is 12.1 Å². The van der Waals surface area contributed by atoms with Gasteiger partial charge in [-0.15, -0.1) is 0 Å². The first kappa shape index (κ1) is 38.7. The highest BCUT2D eigenvalue weighted by Crippen LogP contribution is 2.36. The number of imide groups is 1. The molecule has 2 aromatic carbocycles. The second-order valence-corrected chi connectivity index (χ2v) is 16.1. The average Bonchev–Trinajstić information content (AvgIpc) is 3.66. The van der Waals surface area contributed by atoms with Gasteiger partial charge in [-0.05, 0) is 119 Å². The van der Waals surface area contributed by atoms with Crippen molar-refractivity contribution in [3.05, 3.63) is 65.9 Å². The Morgan fingerprint density at radius 2 is 1.60 bits per heavy atom. The molecule has 1 unspecified atom stereocenters. The molecule has 4 amide bonds. The number of rotatable bonds is 10. The van der Waals surface area contributed by atoms with Crippen molar-refractivity contribution in [3.8, 4) is 11.3 Å². The number of hydrogen-bond donors (Lipinski definition) is 4. The number of piperidine rings is 2. The second kappa shape index (κ2) is 17.1. The van der Waals surface area contributed by atoms with Crippen molar-refractivity contribution >= 4 is 41.1 Å². The second-order valence-electron chi connectivity index (χ2n) is 16.1. The first-order chi connectivity index (χ1) is 27.7. The average molecular weight is 785 g/mol. The third kappa shape index (κ3) is 9.03. The van der Waals surface area contributed by atoms with E-state index in [1.165, 1.54) is 17.2 Å². The van der Waals surface area contributed by atoms with Crippen molar-refractivity contribution in [2.24, 2.45) is 5.92 Å². The maximum atomic E-state index is 15.3. The zero-order valence-electron chi connectivity index (χ0n) is 32.0. The number of anilines is 3. The number of nitrogens with one attached hydrogen (secondary N) is 4. The molecule has 4 N–H and O–H groups in total. The molecule has 2 saturated carbocycles.